The summed E-state index contributed by atoms with van der Waals surface area (Å²) in [6.45, 7) is 4.18. The van der Waals surface area contributed by atoms with Crippen molar-refractivity contribution in [2.45, 2.75) is 13.8 Å². The maximum Gasteiger partial charge on any atom is 0.275 e. The fourth-order valence-corrected chi connectivity index (χ4v) is 2.41. The number of nitrogens with one attached hydrogen (secondary N) is 3. The molecule has 0 unspecified atom stereocenters. The zero-order valence-corrected chi connectivity index (χ0v) is 12.6. The van der Waals surface area contributed by atoms with E-state index in [1.165, 1.54) is 18.3 Å². The number of hydrogen-bond acceptors (Lipinski definition) is 5. The van der Waals surface area contributed by atoms with E-state index < -0.39 is 0 Å². The van der Waals surface area contributed by atoms with Crippen molar-refractivity contribution in [3.63, 3.8) is 0 Å². The molecule has 1 aromatic carbocycles. The van der Waals surface area contributed by atoms with E-state index in [0.717, 1.165) is 11.7 Å². The molecule has 1 aromatic heterocycles. The number of hydrogen-bond donors (Lipinski definition) is 3. The van der Waals surface area contributed by atoms with Crippen LogP contribution < -0.4 is 16.0 Å². The molecule has 0 atom stereocenters. The molecule has 21 heavy (non-hydrogen) atoms. The second-order valence-electron chi connectivity index (χ2n) is 4.28. The summed E-state index contributed by atoms with van der Waals surface area (Å²) < 4.78 is 0. The van der Waals surface area contributed by atoms with Gasteiger partial charge < -0.3 is 16.0 Å². The average Bonchev–Trinajstić information content (AvgIpc) is 2.89. The van der Waals surface area contributed by atoms with Crippen LogP contribution in [0.2, 0.25) is 0 Å². The summed E-state index contributed by atoms with van der Waals surface area (Å²) in [5.74, 6) is -0.395. The highest BCUT2D eigenvalue weighted by molar-refractivity contribution is 7.13. The lowest BCUT2D eigenvalue weighted by Crippen LogP contribution is -2.12. The maximum atomic E-state index is 12.0. The lowest BCUT2D eigenvalue weighted by molar-refractivity contribution is -0.114. The molecule has 6 nitrogen and oxygen atoms in total. The van der Waals surface area contributed by atoms with Crippen molar-refractivity contribution in [1.29, 1.82) is 0 Å². The lowest BCUT2D eigenvalue weighted by Gasteiger charge is -2.05. The Morgan fingerprint density at radius 3 is 2.33 bits per heavy atom. The number of carbonyl (C=O) groups is 2. The van der Waals surface area contributed by atoms with E-state index in [0.29, 0.717) is 17.1 Å². The van der Waals surface area contributed by atoms with Gasteiger partial charge in [-0.25, -0.2) is 4.98 Å². The molecule has 0 aliphatic rings. The number of rotatable bonds is 5. The first-order valence-electron chi connectivity index (χ1n) is 6.47. The summed E-state index contributed by atoms with van der Waals surface area (Å²) in [6, 6.07) is 6.89. The van der Waals surface area contributed by atoms with Gasteiger partial charge in [0, 0.05) is 30.2 Å². The molecule has 0 aliphatic carbocycles. The molecule has 7 heteroatoms. The van der Waals surface area contributed by atoms with Gasteiger partial charge in [-0.2, -0.15) is 0 Å². The van der Waals surface area contributed by atoms with E-state index in [1.807, 2.05) is 6.92 Å². The van der Waals surface area contributed by atoms with Gasteiger partial charge in [0.25, 0.3) is 5.91 Å². The van der Waals surface area contributed by atoms with Crippen LogP contribution >= 0.6 is 11.3 Å². The Morgan fingerprint density at radius 1 is 1.14 bits per heavy atom. The van der Waals surface area contributed by atoms with Crippen molar-refractivity contribution in [3.05, 3.63) is 35.3 Å². The Bertz CT molecular complexity index is 637. The zero-order chi connectivity index (χ0) is 15.2. The van der Waals surface area contributed by atoms with Crippen LogP contribution in [0.5, 0.6) is 0 Å². The number of thiazole rings is 1. The largest absolute Gasteiger partial charge is 0.362 e. The maximum absolute atomic E-state index is 12.0. The minimum atomic E-state index is -0.261. The van der Waals surface area contributed by atoms with Crippen LogP contribution in [-0.2, 0) is 4.79 Å². The molecule has 0 saturated heterocycles. The Hall–Kier alpha value is -2.41. The van der Waals surface area contributed by atoms with Gasteiger partial charge in [-0.1, -0.05) is 0 Å². The standard InChI is InChI=1S/C14H16N4O2S/c1-3-15-14-18-12(8-21-14)13(20)17-11-6-4-10(5-7-11)16-9(2)19/h4-8H,3H2,1-2H3,(H,15,18)(H,16,19)(H,17,20). The molecule has 2 amide bonds. The summed E-state index contributed by atoms with van der Waals surface area (Å²) >= 11 is 1.39. The summed E-state index contributed by atoms with van der Waals surface area (Å²) in [5, 5.41) is 10.9. The van der Waals surface area contributed by atoms with Gasteiger partial charge in [-0.3, -0.25) is 9.59 Å². The van der Waals surface area contributed by atoms with E-state index in [9.17, 15) is 9.59 Å². The number of anilines is 3. The number of benzene rings is 1. The highest BCUT2D eigenvalue weighted by Crippen LogP contribution is 2.18. The van der Waals surface area contributed by atoms with E-state index >= 15 is 0 Å². The summed E-state index contributed by atoms with van der Waals surface area (Å²) in [4.78, 5) is 27.1. The predicted octanol–water partition coefficient (Wildman–Crippen LogP) is 2.79. The first-order chi connectivity index (χ1) is 10.1. The summed E-state index contributed by atoms with van der Waals surface area (Å²) in [6.07, 6.45) is 0. The summed E-state index contributed by atoms with van der Waals surface area (Å²) in [5.41, 5.74) is 1.71. The lowest BCUT2D eigenvalue weighted by atomic mass is 10.2. The van der Waals surface area contributed by atoms with Crippen molar-refractivity contribution >= 4 is 39.7 Å². The molecular weight excluding hydrogens is 288 g/mol. The van der Waals surface area contributed by atoms with Gasteiger partial charge >= 0.3 is 0 Å². The monoisotopic (exact) mass is 304 g/mol. The first-order valence-corrected chi connectivity index (χ1v) is 7.35. The fourth-order valence-electron chi connectivity index (χ4n) is 1.65. The normalized spacial score (nSPS) is 10.0. The topological polar surface area (TPSA) is 83.1 Å². The molecule has 2 rings (SSSR count). The molecule has 3 N–H and O–H groups in total. The average molecular weight is 304 g/mol. The van der Waals surface area contributed by atoms with Crippen LogP contribution in [0.4, 0.5) is 16.5 Å². The Morgan fingerprint density at radius 2 is 1.76 bits per heavy atom. The van der Waals surface area contributed by atoms with Gasteiger partial charge in [0.15, 0.2) is 5.13 Å². The number of aromatic nitrogens is 1. The van der Waals surface area contributed by atoms with Crippen molar-refractivity contribution in [3.8, 4) is 0 Å². The minimum absolute atomic E-state index is 0.134. The van der Waals surface area contributed by atoms with Crippen molar-refractivity contribution < 1.29 is 9.59 Å². The second-order valence-corrected chi connectivity index (χ2v) is 5.14. The second kappa shape index (κ2) is 6.85. The van der Waals surface area contributed by atoms with Gasteiger partial charge in [-0.15, -0.1) is 11.3 Å². The molecule has 110 valence electrons. The summed E-state index contributed by atoms with van der Waals surface area (Å²) in [7, 11) is 0. The fraction of sp³-hybridized carbons (Fsp3) is 0.214. The highest BCUT2D eigenvalue weighted by atomic mass is 32.1. The SMILES string of the molecule is CCNc1nc(C(=O)Nc2ccc(NC(C)=O)cc2)cs1. The Labute approximate surface area is 126 Å². The van der Waals surface area contributed by atoms with Crippen molar-refractivity contribution in [2.75, 3.05) is 22.5 Å². The molecule has 2 aromatic rings. The molecule has 0 radical (unpaired) electrons. The predicted molar refractivity (Wildman–Crippen MR) is 85.0 cm³/mol. The van der Waals surface area contributed by atoms with Crippen LogP contribution in [0.1, 0.15) is 24.3 Å². The number of carbonyl (C=O) groups excluding carboxylic acids is 2. The van der Waals surface area contributed by atoms with E-state index in [4.69, 9.17) is 0 Å². The number of nitrogens with zero attached hydrogens (tertiary/aromatic N) is 1. The van der Waals surface area contributed by atoms with Crippen LogP contribution in [0.3, 0.4) is 0 Å². The molecule has 1 heterocycles. The Kier molecular flexibility index (Phi) is 4.89. The Balaban J connectivity index is 1.99. The smallest absolute Gasteiger partial charge is 0.275 e. The highest BCUT2D eigenvalue weighted by Gasteiger charge is 2.10. The van der Waals surface area contributed by atoms with Crippen LogP contribution in [0.15, 0.2) is 29.6 Å². The third-order valence-electron chi connectivity index (χ3n) is 2.53. The van der Waals surface area contributed by atoms with Gasteiger partial charge in [0.2, 0.25) is 5.91 Å². The first kappa shape index (κ1) is 15.0. The minimum Gasteiger partial charge on any atom is -0.362 e. The van der Waals surface area contributed by atoms with Gasteiger partial charge in [0.05, 0.1) is 0 Å². The van der Waals surface area contributed by atoms with Crippen molar-refractivity contribution in [2.24, 2.45) is 0 Å². The van der Waals surface area contributed by atoms with Crippen LogP contribution in [0.25, 0.3) is 0 Å². The molecule has 0 bridgehead atoms. The molecule has 0 fully saturated rings. The number of amides is 2. The zero-order valence-electron chi connectivity index (χ0n) is 11.8. The van der Waals surface area contributed by atoms with Gasteiger partial charge in [0.1, 0.15) is 5.69 Å². The third-order valence-corrected chi connectivity index (χ3v) is 3.33. The van der Waals surface area contributed by atoms with Crippen molar-refractivity contribution in [1.82, 2.24) is 4.98 Å². The van der Waals surface area contributed by atoms with E-state index in [-0.39, 0.29) is 11.8 Å². The quantitative estimate of drug-likeness (QED) is 0.793. The van der Waals surface area contributed by atoms with E-state index in [1.54, 1.807) is 29.6 Å². The molecule has 0 aliphatic heterocycles. The van der Waals surface area contributed by atoms with Crippen LogP contribution in [0, 0.1) is 0 Å². The molecule has 0 spiro atoms. The molecule has 0 saturated carbocycles. The molecular formula is C14H16N4O2S. The third kappa shape index (κ3) is 4.28. The van der Waals surface area contributed by atoms with Gasteiger partial charge in [-0.05, 0) is 31.2 Å². The van der Waals surface area contributed by atoms with Crippen LogP contribution in [-0.4, -0.2) is 23.3 Å². The van der Waals surface area contributed by atoms with E-state index in [2.05, 4.69) is 20.9 Å².